The first kappa shape index (κ1) is 8.66. The molecule has 0 spiro atoms. The molecule has 0 aliphatic carbocycles. The molecule has 0 saturated carbocycles. The number of ether oxygens (including phenoxy) is 2. The van der Waals surface area contributed by atoms with E-state index in [2.05, 4.69) is 0 Å². The van der Waals surface area contributed by atoms with Crippen LogP contribution < -0.4 is 0 Å². The Morgan fingerprint density at radius 3 is 3.25 bits per heavy atom. The van der Waals surface area contributed by atoms with Crippen molar-refractivity contribution in [2.45, 2.75) is 13.3 Å². The fourth-order valence-electron chi connectivity index (χ4n) is 0.981. The van der Waals surface area contributed by atoms with Crippen molar-refractivity contribution in [2.75, 3.05) is 13.2 Å². The Hall–Kier alpha value is -1.43. The number of nitrogens with zero attached hydrogens (tertiary/aromatic N) is 1. The van der Waals surface area contributed by atoms with Crippen molar-refractivity contribution >= 4 is 0 Å². The lowest BCUT2D eigenvalue weighted by atomic mass is 10.2. The van der Waals surface area contributed by atoms with Gasteiger partial charge >= 0.3 is 0 Å². The molecule has 0 aromatic heterocycles. The van der Waals surface area contributed by atoms with Crippen LogP contribution in [0.1, 0.15) is 13.3 Å². The summed E-state index contributed by atoms with van der Waals surface area (Å²) in [7, 11) is 0. The van der Waals surface area contributed by atoms with E-state index in [0.29, 0.717) is 19.0 Å². The first-order valence-corrected chi connectivity index (χ1v) is 3.92. The van der Waals surface area contributed by atoms with Gasteiger partial charge in [0.2, 0.25) is 0 Å². The van der Waals surface area contributed by atoms with Crippen molar-refractivity contribution in [2.24, 2.45) is 0 Å². The Kier molecular flexibility index (Phi) is 3.21. The Labute approximate surface area is 71.9 Å². The standard InChI is InChI=1S/C9H11NO2/c1-2-11-7-8-4-6-12-9(8)3-5-10/h3,7H,2,4,6H2,1H3/b8-7+,9-3-. The molecule has 0 aromatic rings. The van der Waals surface area contributed by atoms with Gasteiger partial charge in [-0.15, -0.1) is 0 Å². The van der Waals surface area contributed by atoms with E-state index in [1.54, 1.807) is 6.26 Å². The van der Waals surface area contributed by atoms with Crippen LogP contribution in [0.4, 0.5) is 0 Å². The Balaban J connectivity index is 2.65. The van der Waals surface area contributed by atoms with Gasteiger partial charge in [0.1, 0.15) is 5.76 Å². The number of rotatable bonds is 2. The summed E-state index contributed by atoms with van der Waals surface area (Å²) in [6, 6.07) is 1.93. The molecule has 0 radical (unpaired) electrons. The molecule has 0 bridgehead atoms. The van der Waals surface area contributed by atoms with Crippen LogP contribution in [-0.2, 0) is 9.47 Å². The predicted molar refractivity (Wildman–Crippen MR) is 44.0 cm³/mol. The molecule has 12 heavy (non-hydrogen) atoms. The van der Waals surface area contributed by atoms with Crippen LogP contribution in [-0.4, -0.2) is 13.2 Å². The summed E-state index contributed by atoms with van der Waals surface area (Å²) in [6.07, 6.45) is 3.89. The monoisotopic (exact) mass is 165 g/mol. The molecule has 1 saturated heterocycles. The van der Waals surface area contributed by atoms with Gasteiger partial charge in [0.25, 0.3) is 0 Å². The van der Waals surface area contributed by atoms with Gasteiger partial charge in [0.15, 0.2) is 0 Å². The Morgan fingerprint density at radius 2 is 2.58 bits per heavy atom. The van der Waals surface area contributed by atoms with Crippen molar-refractivity contribution < 1.29 is 9.47 Å². The van der Waals surface area contributed by atoms with Crippen LogP contribution in [0.5, 0.6) is 0 Å². The van der Waals surface area contributed by atoms with E-state index in [1.807, 2.05) is 13.0 Å². The van der Waals surface area contributed by atoms with E-state index in [0.717, 1.165) is 12.0 Å². The quantitative estimate of drug-likeness (QED) is 0.462. The molecule has 64 valence electrons. The first-order chi connectivity index (χ1) is 5.88. The molecule has 0 amide bonds. The van der Waals surface area contributed by atoms with Crippen molar-refractivity contribution in [1.82, 2.24) is 0 Å². The van der Waals surface area contributed by atoms with Gasteiger partial charge in [-0.1, -0.05) is 0 Å². The largest absolute Gasteiger partial charge is 0.501 e. The van der Waals surface area contributed by atoms with Crippen LogP contribution >= 0.6 is 0 Å². The van der Waals surface area contributed by atoms with Gasteiger partial charge in [-0.25, -0.2) is 0 Å². The van der Waals surface area contributed by atoms with Crippen molar-refractivity contribution in [3.63, 3.8) is 0 Å². The average molecular weight is 165 g/mol. The SMILES string of the molecule is CCO/C=C1\CCO\C1=C/C#N. The van der Waals surface area contributed by atoms with Crippen molar-refractivity contribution in [1.29, 1.82) is 5.26 Å². The van der Waals surface area contributed by atoms with E-state index in [4.69, 9.17) is 14.7 Å². The van der Waals surface area contributed by atoms with Gasteiger partial charge in [-0.2, -0.15) is 5.26 Å². The number of nitriles is 1. The molecule has 1 aliphatic heterocycles. The Morgan fingerprint density at radius 1 is 1.75 bits per heavy atom. The number of hydrogen-bond donors (Lipinski definition) is 0. The van der Waals surface area contributed by atoms with Crippen molar-refractivity contribution in [3.8, 4) is 6.07 Å². The molecule has 3 heteroatoms. The molecule has 1 heterocycles. The highest BCUT2D eigenvalue weighted by Gasteiger charge is 2.14. The number of hydrogen-bond acceptors (Lipinski definition) is 3. The molecule has 1 fully saturated rings. The van der Waals surface area contributed by atoms with Gasteiger partial charge in [-0.3, -0.25) is 0 Å². The lowest BCUT2D eigenvalue weighted by Gasteiger charge is -1.98. The summed E-state index contributed by atoms with van der Waals surface area (Å²) < 4.78 is 10.3. The molecule has 0 N–H and O–H groups in total. The highest BCUT2D eigenvalue weighted by Crippen LogP contribution is 2.23. The smallest absolute Gasteiger partial charge is 0.136 e. The summed E-state index contributed by atoms with van der Waals surface area (Å²) in [4.78, 5) is 0. The summed E-state index contributed by atoms with van der Waals surface area (Å²) in [5.74, 6) is 0.644. The predicted octanol–water partition coefficient (Wildman–Crippen LogP) is 1.73. The summed E-state index contributed by atoms with van der Waals surface area (Å²) in [5, 5.41) is 8.40. The lowest BCUT2D eigenvalue weighted by Crippen LogP contribution is -1.84. The summed E-state index contributed by atoms with van der Waals surface area (Å²) >= 11 is 0. The van der Waals surface area contributed by atoms with E-state index >= 15 is 0 Å². The zero-order valence-electron chi connectivity index (χ0n) is 7.04. The molecule has 0 aromatic carbocycles. The third kappa shape index (κ3) is 2.03. The van der Waals surface area contributed by atoms with E-state index in [9.17, 15) is 0 Å². The van der Waals surface area contributed by atoms with E-state index in [-0.39, 0.29) is 0 Å². The van der Waals surface area contributed by atoms with Crippen LogP contribution in [0.2, 0.25) is 0 Å². The zero-order chi connectivity index (χ0) is 8.81. The van der Waals surface area contributed by atoms with Gasteiger partial charge in [0, 0.05) is 12.0 Å². The van der Waals surface area contributed by atoms with Crippen molar-refractivity contribution in [3.05, 3.63) is 23.7 Å². The first-order valence-electron chi connectivity index (χ1n) is 3.92. The van der Waals surface area contributed by atoms with Crippen LogP contribution in [0.25, 0.3) is 0 Å². The second-order valence-corrected chi connectivity index (χ2v) is 2.33. The minimum Gasteiger partial charge on any atom is -0.501 e. The molecular weight excluding hydrogens is 154 g/mol. The fourth-order valence-corrected chi connectivity index (χ4v) is 0.981. The summed E-state index contributed by atoms with van der Waals surface area (Å²) in [5.41, 5.74) is 0.971. The average Bonchev–Trinajstić information content (AvgIpc) is 2.50. The maximum Gasteiger partial charge on any atom is 0.136 e. The minimum absolute atomic E-state index is 0.642. The van der Waals surface area contributed by atoms with Gasteiger partial charge in [-0.05, 0) is 6.92 Å². The van der Waals surface area contributed by atoms with Crippen LogP contribution in [0.3, 0.4) is 0 Å². The maximum atomic E-state index is 8.40. The molecule has 3 nitrogen and oxygen atoms in total. The van der Waals surface area contributed by atoms with Crippen LogP contribution in [0.15, 0.2) is 23.7 Å². The second-order valence-electron chi connectivity index (χ2n) is 2.33. The highest BCUT2D eigenvalue weighted by molar-refractivity contribution is 5.31. The highest BCUT2D eigenvalue weighted by atomic mass is 16.5. The van der Waals surface area contributed by atoms with Gasteiger partial charge < -0.3 is 9.47 Å². The van der Waals surface area contributed by atoms with E-state index in [1.165, 1.54) is 6.08 Å². The topological polar surface area (TPSA) is 42.2 Å². The molecule has 1 aliphatic rings. The molecule has 0 unspecified atom stereocenters. The molecule has 0 atom stereocenters. The zero-order valence-corrected chi connectivity index (χ0v) is 7.04. The maximum absolute atomic E-state index is 8.40. The summed E-state index contributed by atoms with van der Waals surface area (Å²) in [6.45, 7) is 3.20. The van der Waals surface area contributed by atoms with Gasteiger partial charge in [0.05, 0.1) is 31.6 Å². The molecule has 1 rings (SSSR count). The Bertz CT molecular complexity index is 248. The minimum atomic E-state index is 0.642. The number of allylic oxidation sites excluding steroid dienone is 2. The van der Waals surface area contributed by atoms with Crippen LogP contribution in [0, 0.1) is 11.3 Å². The normalized spacial score (nSPS) is 22.3. The third-order valence-electron chi connectivity index (χ3n) is 1.53. The van der Waals surface area contributed by atoms with E-state index < -0.39 is 0 Å². The fraction of sp³-hybridized carbons (Fsp3) is 0.444. The molecular formula is C9H11NO2. The second kappa shape index (κ2) is 4.45. The third-order valence-corrected chi connectivity index (χ3v) is 1.53. The lowest BCUT2D eigenvalue weighted by molar-refractivity contribution is 0.259.